The first kappa shape index (κ1) is 32.9. The maximum Gasteiger partial charge on any atom is 0.265 e. The number of rotatable bonds is 14. The molecule has 2 aliphatic rings. The maximum absolute atomic E-state index is 13.2. The fraction of sp³-hybridized carbons (Fsp3) is 0.412. The zero-order chi connectivity index (χ0) is 31.6. The van der Waals surface area contributed by atoms with E-state index in [4.69, 9.17) is 16.3 Å². The summed E-state index contributed by atoms with van der Waals surface area (Å²) in [6.45, 7) is 4.08. The van der Waals surface area contributed by atoms with Crippen LogP contribution >= 0.6 is 11.6 Å². The van der Waals surface area contributed by atoms with Gasteiger partial charge in [-0.25, -0.2) is 13.1 Å². The number of likely N-dealkylation sites (tertiary alicyclic amines) is 1. The highest BCUT2D eigenvalue weighted by atomic mass is 35.5. The predicted octanol–water partition coefficient (Wildman–Crippen LogP) is 4.96. The Morgan fingerprint density at radius 1 is 0.911 bits per heavy atom. The van der Waals surface area contributed by atoms with E-state index in [2.05, 4.69) is 14.9 Å². The van der Waals surface area contributed by atoms with Crippen LogP contribution in [0.2, 0.25) is 5.02 Å². The van der Waals surface area contributed by atoms with Crippen molar-refractivity contribution in [3.05, 3.63) is 94.5 Å². The molecule has 45 heavy (non-hydrogen) atoms. The molecule has 0 spiro atoms. The van der Waals surface area contributed by atoms with Crippen LogP contribution in [0.25, 0.3) is 0 Å². The molecule has 1 saturated heterocycles. The van der Waals surface area contributed by atoms with Gasteiger partial charge in [-0.2, -0.15) is 0 Å². The summed E-state index contributed by atoms with van der Waals surface area (Å²) in [7, 11) is -3.38. The fourth-order valence-electron chi connectivity index (χ4n) is 5.99. The third kappa shape index (κ3) is 9.29. The fourth-order valence-corrected chi connectivity index (χ4v) is 7.35. The number of anilines is 1. The molecule has 9 nitrogen and oxygen atoms in total. The molecule has 0 radical (unpaired) electrons. The molecule has 2 N–H and O–H groups in total. The topological polar surface area (TPSA) is 108 Å². The third-order valence-electron chi connectivity index (χ3n) is 8.40. The van der Waals surface area contributed by atoms with Gasteiger partial charge in [-0.15, -0.1) is 0 Å². The van der Waals surface area contributed by atoms with Crippen molar-refractivity contribution >= 4 is 39.1 Å². The van der Waals surface area contributed by atoms with Crippen LogP contribution in [0.1, 0.15) is 59.5 Å². The molecule has 3 aromatic rings. The van der Waals surface area contributed by atoms with Gasteiger partial charge in [-0.05, 0) is 80.1 Å². The van der Waals surface area contributed by atoms with Crippen LogP contribution in [0.15, 0.2) is 72.8 Å². The zero-order valence-corrected chi connectivity index (χ0v) is 27.0. The summed E-state index contributed by atoms with van der Waals surface area (Å²) in [6.07, 6.45) is 4.05. The van der Waals surface area contributed by atoms with Gasteiger partial charge in [0, 0.05) is 36.8 Å². The van der Waals surface area contributed by atoms with E-state index in [0.29, 0.717) is 36.6 Å². The van der Waals surface area contributed by atoms with Crippen LogP contribution in [0.3, 0.4) is 0 Å². The highest BCUT2D eigenvalue weighted by Gasteiger charge is 2.28. The first-order valence-electron chi connectivity index (χ1n) is 15.6. The molecule has 240 valence electrons. The van der Waals surface area contributed by atoms with Crippen molar-refractivity contribution in [1.29, 1.82) is 0 Å². The molecule has 5 rings (SSSR count). The summed E-state index contributed by atoms with van der Waals surface area (Å²) < 4.78 is 32.8. The second kappa shape index (κ2) is 15.7. The molecular weight excluding hydrogens is 612 g/mol. The number of halogens is 1. The number of hydrogen-bond donors (Lipinski definition) is 2. The number of carbonyl (C=O) groups excluding carboxylic acids is 2. The lowest BCUT2D eigenvalue weighted by Crippen LogP contribution is -2.45. The summed E-state index contributed by atoms with van der Waals surface area (Å²) in [5, 5.41) is 3.56. The van der Waals surface area contributed by atoms with Crippen molar-refractivity contribution in [1.82, 2.24) is 14.9 Å². The molecule has 11 heteroatoms. The van der Waals surface area contributed by atoms with Gasteiger partial charge < -0.3 is 19.9 Å². The maximum atomic E-state index is 13.2. The summed E-state index contributed by atoms with van der Waals surface area (Å²) in [5.41, 5.74) is 3.21. The summed E-state index contributed by atoms with van der Waals surface area (Å²) in [4.78, 5) is 29.9. The molecule has 0 aliphatic carbocycles. The number of unbranched alkanes of at least 4 members (excludes halogenated alkanes) is 2. The third-order valence-corrected chi connectivity index (χ3v) is 9.99. The number of sulfonamides is 1. The number of ether oxygens (including phenoxy) is 1. The van der Waals surface area contributed by atoms with E-state index in [1.54, 1.807) is 18.2 Å². The van der Waals surface area contributed by atoms with Crippen LogP contribution in [0.5, 0.6) is 5.75 Å². The average Bonchev–Trinajstić information content (AvgIpc) is 3.04. The number of nitrogens with zero attached hydrogens (tertiary/aromatic N) is 2. The van der Waals surface area contributed by atoms with Crippen molar-refractivity contribution in [2.75, 3.05) is 50.8 Å². The summed E-state index contributed by atoms with van der Waals surface area (Å²) in [6, 6.07) is 22.3. The Labute approximate surface area is 270 Å². The lowest BCUT2D eigenvalue weighted by Gasteiger charge is -2.35. The standard InChI is InChI=1S/C34H41ClN4O5S/c35-28-13-14-29(27-15-19-38(20-16-27)21-22-39-31-11-5-6-12-32(31)44-24-33(39)40)30(23-28)34(41)36-17-7-2-8-18-37-45(42,43)25-26-9-3-1-4-10-26/h1,3-6,9-14,23,27,37H,2,7-8,15-22,24-25H2,(H,36,41). The molecule has 3 aromatic carbocycles. The Balaban J connectivity index is 1.04. The van der Waals surface area contributed by atoms with Gasteiger partial charge in [0.2, 0.25) is 10.0 Å². The Hall–Kier alpha value is -3.44. The van der Waals surface area contributed by atoms with E-state index in [0.717, 1.165) is 67.9 Å². The second-order valence-electron chi connectivity index (χ2n) is 11.6. The van der Waals surface area contributed by atoms with E-state index in [1.165, 1.54) is 0 Å². The minimum atomic E-state index is -3.38. The average molecular weight is 653 g/mol. The number of carbonyl (C=O) groups is 2. The quantitative estimate of drug-likeness (QED) is 0.238. The number of piperidine rings is 1. The van der Waals surface area contributed by atoms with Crippen LogP contribution in [0.4, 0.5) is 5.69 Å². The van der Waals surface area contributed by atoms with E-state index < -0.39 is 10.0 Å². The Morgan fingerprint density at radius 2 is 1.64 bits per heavy atom. The second-order valence-corrected chi connectivity index (χ2v) is 13.8. The Morgan fingerprint density at radius 3 is 2.44 bits per heavy atom. The number of hydrogen-bond acceptors (Lipinski definition) is 6. The van der Waals surface area contributed by atoms with Crippen molar-refractivity contribution < 1.29 is 22.7 Å². The van der Waals surface area contributed by atoms with Gasteiger partial charge >= 0.3 is 0 Å². The van der Waals surface area contributed by atoms with Gasteiger partial charge in [0.15, 0.2) is 6.61 Å². The largest absolute Gasteiger partial charge is 0.482 e. The number of amides is 2. The number of para-hydroxylation sites is 2. The number of benzene rings is 3. The van der Waals surface area contributed by atoms with Crippen LogP contribution in [0, 0.1) is 0 Å². The Kier molecular flexibility index (Phi) is 11.5. The monoisotopic (exact) mass is 652 g/mol. The minimum Gasteiger partial charge on any atom is -0.482 e. The van der Waals surface area contributed by atoms with E-state index in [9.17, 15) is 18.0 Å². The highest BCUT2D eigenvalue weighted by Crippen LogP contribution is 2.33. The zero-order valence-electron chi connectivity index (χ0n) is 25.4. The Bertz CT molecular complexity index is 1560. The SMILES string of the molecule is O=C(NCCCCCNS(=O)(=O)Cc1ccccc1)c1cc(Cl)ccc1C1CCN(CCN2C(=O)COc3ccccc32)CC1. The normalized spacial score (nSPS) is 15.8. The first-order chi connectivity index (χ1) is 21.8. The molecule has 2 aliphatic heterocycles. The molecule has 2 amide bonds. The lowest BCUT2D eigenvalue weighted by molar-refractivity contribution is -0.121. The van der Waals surface area contributed by atoms with Crippen molar-refractivity contribution in [3.8, 4) is 5.75 Å². The van der Waals surface area contributed by atoms with Gasteiger partial charge in [0.25, 0.3) is 11.8 Å². The van der Waals surface area contributed by atoms with Crippen LogP contribution in [-0.2, 0) is 20.6 Å². The van der Waals surface area contributed by atoms with Gasteiger partial charge in [0.1, 0.15) is 5.75 Å². The molecule has 1 fully saturated rings. The van der Waals surface area contributed by atoms with Crippen LogP contribution < -0.4 is 19.7 Å². The molecule has 0 bridgehead atoms. The lowest BCUT2D eigenvalue weighted by atomic mass is 9.86. The molecule has 0 saturated carbocycles. The summed E-state index contributed by atoms with van der Waals surface area (Å²) in [5.74, 6) is 0.794. The van der Waals surface area contributed by atoms with Gasteiger partial charge in [-0.1, -0.05) is 66.6 Å². The number of nitrogens with one attached hydrogen (secondary N) is 2. The van der Waals surface area contributed by atoms with Crippen molar-refractivity contribution in [2.45, 2.75) is 43.8 Å². The molecule has 0 unspecified atom stereocenters. The van der Waals surface area contributed by atoms with E-state index in [1.807, 2.05) is 59.5 Å². The molecular formula is C34H41ClN4O5S. The molecule has 2 heterocycles. The number of fused-ring (bicyclic) bond motifs is 1. The van der Waals surface area contributed by atoms with Gasteiger partial charge in [0.05, 0.1) is 11.4 Å². The minimum absolute atomic E-state index is 0.0242. The summed E-state index contributed by atoms with van der Waals surface area (Å²) >= 11 is 6.31. The van der Waals surface area contributed by atoms with E-state index >= 15 is 0 Å². The highest BCUT2D eigenvalue weighted by molar-refractivity contribution is 7.88. The van der Waals surface area contributed by atoms with E-state index in [-0.39, 0.29) is 30.1 Å². The molecule has 0 aromatic heterocycles. The van der Waals surface area contributed by atoms with Crippen molar-refractivity contribution in [3.63, 3.8) is 0 Å². The van der Waals surface area contributed by atoms with Crippen molar-refractivity contribution in [2.24, 2.45) is 0 Å². The molecule has 0 atom stereocenters. The van der Waals surface area contributed by atoms with Gasteiger partial charge in [-0.3, -0.25) is 9.59 Å². The first-order valence-corrected chi connectivity index (χ1v) is 17.7. The predicted molar refractivity (Wildman–Crippen MR) is 177 cm³/mol. The smallest absolute Gasteiger partial charge is 0.265 e. The van der Waals surface area contributed by atoms with Crippen LogP contribution in [-0.4, -0.2) is 71.0 Å².